The molecular weight excluding hydrogens is 256 g/mol. The van der Waals surface area contributed by atoms with E-state index in [1.54, 1.807) is 0 Å². The van der Waals surface area contributed by atoms with Crippen LogP contribution in [0.4, 0.5) is 11.5 Å². The van der Waals surface area contributed by atoms with E-state index in [0.29, 0.717) is 11.6 Å². The molecule has 0 aliphatic carbocycles. The highest BCUT2D eigenvalue weighted by Crippen LogP contribution is 2.18. The maximum Gasteiger partial charge on any atom is 0.340 e. The highest BCUT2D eigenvalue weighted by atomic mass is 16.6. The summed E-state index contributed by atoms with van der Waals surface area (Å²) in [6, 6.07) is 5.49. The highest BCUT2D eigenvalue weighted by molar-refractivity contribution is 5.36. The van der Waals surface area contributed by atoms with Gasteiger partial charge in [-0.05, 0) is 17.1 Å². The second-order valence-electron chi connectivity index (χ2n) is 3.51. The summed E-state index contributed by atoms with van der Waals surface area (Å²) in [5.74, 6) is 0.483. The minimum atomic E-state index is -0.595. The zero-order chi connectivity index (χ0) is 13.8. The molecule has 0 saturated carbocycles. The maximum absolute atomic E-state index is 10.4. The van der Waals surface area contributed by atoms with Gasteiger partial charge in [0.05, 0.1) is 4.92 Å². The number of nitro groups is 2. The fourth-order valence-corrected chi connectivity index (χ4v) is 1.33. The van der Waals surface area contributed by atoms with Crippen LogP contribution in [0, 0.1) is 20.2 Å². The fraction of sp³-hybridized carbons (Fsp3) is 0.100. The standard InChI is InChI=1S/C10H8N4O5/c15-13(16)7-1-3-8(4-2-7)19-6-9-11-5-10(12-9)14(17)18/h1-5H,6H2,(H,11,12). The molecule has 2 rings (SSSR count). The third-order valence-electron chi connectivity index (χ3n) is 2.23. The van der Waals surface area contributed by atoms with Gasteiger partial charge in [0.15, 0.2) is 6.61 Å². The van der Waals surface area contributed by atoms with Gasteiger partial charge in [0.1, 0.15) is 11.9 Å². The Morgan fingerprint density at radius 2 is 1.84 bits per heavy atom. The van der Waals surface area contributed by atoms with Crippen molar-refractivity contribution < 1.29 is 14.6 Å². The smallest absolute Gasteiger partial charge is 0.340 e. The Bertz CT molecular complexity index is 607. The van der Waals surface area contributed by atoms with Crippen LogP contribution in [-0.2, 0) is 6.61 Å². The number of benzene rings is 1. The number of hydrogen-bond acceptors (Lipinski definition) is 6. The van der Waals surface area contributed by atoms with Gasteiger partial charge < -0.3 is 14.9 Å². The number of ether oxygens (including phenoxy) is 1. The number of nitrogens with zero attached hydrogens (tertiary/aromatic N) is 3. The first-order valence-electron chi connectivity index (χ1n) is 5.12. The molecule has 1 aromatic carbocycles. The predicted molar refractivity (Wildman–Crippen MR) is 62.7 cm³/mol. The van der Waals surface area contributed by atoms with Gasteiger partial charge in [0.25, 0.3) is 5.69 Å². The molecule has 19 heavy (non-hydrogen) atoms. The second kappa shape index (κ2) is 5.12. The first-order chi connectivity index (χ1) is 9.06. The summed E-state index contributed by atoms with van der Waals surface area (Å²) in [4.78, 5) is 26.0. The van der Waals surface area contributed by atoms with Crippen LogP contribution < -0.4 is 4.74 Å². The number of non-ortho nitro benzene ring substituents is 1. The molecule has 0 atom stereocenters. The van der Waals surface area contributed by atoms with Gasteiger partial charge in [-0.2, -0.15) is 0 Å². The molecule has 0 amide bonds. The molecule has 0 spiro atoms. The van der Waals surface area contributed by atoms with Gasteiger partial charge in [-0.1, -0.05) is 0 Å². The summed E-state index contributed by atoms with van der Waals surface area (Å²) in [5.41, 5.74) is -0.0408. The minimum absolute atomic E-state index is 0.00561. The van der Waals surface area contributed by atoms with Gasteiger partial charge in [0.2, 0.25) is 5.82 Å². The Balaban J connectivity index is 1.97. The molecule has 0 unspecified atom stereocenters. The average molecular weight is 264 g/mol. The molecule has 1 heterocycles. The highest BCUT2D eigenvalue weighted by Gasteiger charge is 2.11. The lowest BCUT2D eigenvalue weighted by molar-refractivity contribution is -0.389. The van der Waals surface area contributed by atoms with Crippen molar-refractivity contribution in [3.05, 3.63) is 56.5 Å². The van der Waals surface area contributed by atoms with Crippen LogP contribution in [0.15, 0.2) is 30.5 Å². The molecule has 98 valence electrons. The van der Waals surface area contributed by atoms with E-state index in [-0.39, 0.29) is 18.1 Å². The maximum atomic E-state index is 10.4. The zero-order valence-corrected chi connectivity index (χ0v) is 9.48. The van der Waals surface area contributed by atoms with E-state index >= 15 is 0 Å². The second-order valence-corrected chi connectivity index (χ2v) is 3.51. The van der Waals surface area contributed by atoms with Crippen molar-refractivity contribution in [3.8, 4) is 5.75 Å². The lowest BCUT2D eigenvalue weighted by atomic mass is 10.3. The van der Waals surface area contributed by atoms with Gasteiger partial charge in [-0.25, -0.2) is 9.97 Å². The Kier molecular flexibility index (Phi) is 3.37. The van der Waals surface area contributed by atoms with Crippen molar-refractivity contribution in [2.45, 2.75) is 6.61 Å². The largest absolute Gasteiger partial charge is 0.483 e. The van der Waals surface area contributed by atoms with Crippen molar-refractivity contribution in [2.75, 3.05) is 0 Å². The first kappa shape index (κ1) is 12.5. The summed E-state index contributed by atoms with van der Waals surface area (Å²) < 4.78 is 5.28. The summed E-state index contributed by atoms with van der Waals surface area (Å²) in [6.45, 7) is 0.00561. The number of aromatic amines is 1. The number of hydrogen-bond donors (Lipinski definition) is 1. The van der Waals surface area contributed by atoms with E-state index in [0.717, 1.165) is 6.20 Å². The molecule has 2 aromatic rings. The van der Waals surface area contributed by atoms with Gasteiger partial charge in [-0.15, -0.1) is 0 Å². The van der Waals surface area contributed by atoms with E-state index in [9.17, 15) is 20.2 Å². The van der Waals surface area contributed by atoms with E-state index < -0.39 is 9.85 Å². The lowest BCUT2D eigenvalue weighted by Gasteiger charge is -2.01. The van der Waals surface area contributed by atoms with Crippen molar-refractivity contribution in [1.82, 2.24) is 9.97 Å². The summed E-state index contributed by atoms with van der Waals surface area (Å²) >= 11 is 0. The number of nitrogens with one attached hydrogen (secondary N) is 1. The molecule has 0 fully saturated rings. The summed E-state index contributed by atoms with van der Waals surface area (Å²) in [6.07, 6.45) is 1.09. The zero-order valence-electron chi connectivity index (χ0n) is 9.48. The monoisotopic (exact) mass is 264 g/mol. The first-order valence-corrected chi connectivity index (χ1v) is 5.12. The number of aromatic nitrogens is 2. The Morgan fingerprint density at radius 1 is 1.16 bits per heavy atom. The van der Waals surface area contributed by atoms with E-state index in [1.165, 1.54) is 24.3 Å². The molecule has 0 aliphatic heterocycles. The minimum Gasteiger partial charge on any atom is -0.483 e. The molecular formula is C10H8N4O5. The molecule has 0 saturated heterocycles. The number of nitro benzene ring substituents is 1. The van der Waals surface area contributed by atoms with Crippen molar-refractivity contribution in [1.29, 1.82) is 0 Å². The Labute approximate surface area is 106 Å². The summed E-state index contributed by atoms with van der Waals surface area (Å²) in [5, 5.41) is 20.9. The van der Waals surface area contributed by atoms with Crippen LogP contribution in [-0.4, -0.2) is 19.8 Å². The quantitative estimate of drug-likeness (QED) is 0.648. The van der Waals surface area contributed by atoms with Crippen LogP contribution in [0.25, 0.3) is 0 Å². The molecule has 9 heteroatoms. The molecule has 9 nitrogen and oxygen atoms in total. The Hall–Kier alpha value is -2.97. The molecule has 1 aromatic heterocycles. The normalized spacial score (nSPS) is 10.1. The van der Waals surface area contributed by atoms with Gasteiger partial charge >= 0.3 is 5.82 Å². The SMILES string of the molecule is O=[N+]([O-])c1ccc(OCc2ncc([N+](=O)[O-])[nH]2)cc1. The fourth-order valence-electron chi connectivity index (χ4n) is 1.33. The topological polar surface area (TPSA) is 124 Å². The number of H-pyrrole nitrogens is 1. The third kappa shape index (κ3) is 3.03. The molecule has 0 aliphatic rings. The summed E-state index contributed by atoms with van der Waals surface area (Å²) in [7, 11) is 0. The van der Waals surface area contributed by atoms with Crippen LogP contribution >= 0.6 is 0 Å². The molecule has 1 N–H and O–H groups in total. The molecule has 0 radical (unpaired) electrons. The van der Waals surface area contributed by atoms with Crippen LogP contribution in [0.3, 0.4) is 0 Å². The van der Waals surface area contributed by atoms with Crippen molar-refractivity contribution in [3.63, 3.8) is 0 Å². The average Bonchev–Trinajstić information content (AvgIpc) is 2.86. The number of imidazole rings is 1. The number of rotatable bonds is 5. The van der Waals surface area contributed by atoms with Crippen molar-refractivity contribution >= 4 is 11.5 Å². The van der Waals surface area contributed by atoms with Crippen LogP contribution in [0.5, 0.6) is 5.75 Å². The van der Waals surface area contributed by atoms with Crippen LogP contribution in [0.1, 0.15) is 5.82 Å². The molecule has 0 bridgehead atoms. The lowest BCUT2D eigenvalue weighted by Crippen LogP contribution is -1.98. The predicted octanol–water partition coefficient (Wildman–Crippen LogP) is 1.81. The van der Waals surface area contributed by atoms with Crippen molar-refractivity contribution in [2.24, 2.45) is 0 Å². The van der Waals surface area contributed by atoms with E-state index in [1.807, 2.05) is 0 Å². The van der Waals surface area contributed by atoms with Crippen LogP contribution in [0.2, 0.25) is 0 Å². The Morgan fingerprint density at radius 3 is 2.37 bits per heavy atom. The van der Waals surface area contributed by atoms with Gasteiger partial charge in [0, 0.05) is 12.1 Å². The van der Waals surface area contributed by atoms with E-state index in [2.05, 4.69) is 9.97 Å². The van der Waals surface area contributed by atoms with E-state index in [4.69, 9.17) is 4.74 Å². The third-order valence-corrected chi connectivity index (χ3v) is 2.23. The van der Waals surface area contributed by atoms with Gasteiger partial charge in [-0.3, -0.25) is 10.1 Å².